The summed E-state index contributed by atoms with van der Waals surface area (Å²) in [5.41, 5.74) is 1.61. The van der Waals surface area contributed by atoms with Crippen LogP contribution in [0.1, 0.15) is 17.5 Å². The van der Waals surface area contributed by atoms with E-state index in [-0.39, 0.29) is 0 Å². The van der Waals surface area contributed by atoms with Gasteiger partial charge in [-0.2, -0.15) is 5.10 Å². The predicted molar refractivity (Wildman–Crippen MR) is 45.4 cm³/mol. The van der Waals surface area contributed by atoms with Gasteiger partial charge in [-0.1, -0.05) is 0 Å². The van der Waals surface area contributed by atoms with Crippen molar-refractivity contribution in [2.75, 3.05) is 0 Å². The minimum Gasteiger partial charge on any atom is -0.323 e. The number of hydrogen-bond donors (Lipinski definition) is 1. The van der Waals surface area contributed by atoms with Gasteiger partial charge in [-0.25, -0.2) is 8.78 Å². The molecule has 2 rings (SSSR count). The Labute approximate surface area is 74.1 Å². The quantitative estimate of drug-likeness (QED) is 0.480. The fraction of sp³-hybridized carbons (Fsp3) is 0.222. The first kappa shape index (κ1) is 8.16. The summed E-state index contributed by atoms with van der Waals surface area (Å²) < 4.78 is 25.9. The van der Waals surface area contributed by atoms with Crippen LogP contribution < -0.4 is 5.84 Å². The number of fused-ring (bicyclic) bond motifs is 1. The van der Waals surface area contributed by atoms with Gasteiger partial charge in [0.1, 0.15) is 11.6 Å². The number of rotatable bonds is 0. The van der Waals surface area contributed by atoms with Crippen molar-refractivity contribution < 1.29 is 8.78 Å². The van der Waals surface area contributed by atoms with E-state index in [1.54, 1.807) is 0 Å². The van der Waals surface area contributed by atoms with Crippen molar-refractivity contribution in [3.05, 3.63) is 34.9 Å². The summed E-state index contributed by atoms with van der Waals surface area (Å²) in [7, 11) is 0. The van der Waals surface area contributed by atoms with E-state index in [4.69, 9.17) is 5.84 Å². The van der Waals surface area contributed by atoms with Crippen LogP contribution in [0.5, 0.6) is 0 Å². The van der Waals surface area contributed by atoms with Gasteiger partial charge in [0.25, 0.3) is 0 Å². The summed E-state index contributed by atoms with van der Waals surface area (Å²) in [6.07, 6.45) is 1.14. The van der Waals surface area contributed by atoms with Crippen molar-refractivity contribution in [1.82, 2.24) is 0 Å². The molecule has 0 radical (unpaired) electrons. The molecule has 0 atom stereocenters. The predicted octanol–water partition coefficient (Wildman–Crippen LogP) is 1.57. The highest BCUT2D eigenvalue weighted by molar-refractivity contribution is 6.04. The Bertz CT molecular complexity index is 385. The zero-order valence-electron chi connectivity index (χ0n) is 6.85. The minimum atomic E-state index is -0.584. The molecule has 0 amide bonds. The summed E-state index contributed by atoms with van der Waals surface area (Å²) >= 11 is 0. The van der Waals surface area contributed by atoms with E-state index < -0.39 is 11.6 Å². The smallest absolute Gasteiger partial charge is 0.129 e. The molecule has 1 aromatic carbocycles. The summed E-state index contributed by atoms with van der Waals surface area (Å²) in [4.78, 5) is 0. The Morgan fingerprint density at radius 1 is 1.23 bits per heavy atom. The Balaban J connectivity index is 2.64. The fourth-order valence-corrected chi connectivity index (χ4v) is 1.63. The van der Waals surface area contributed by atoms with Crippen molar-refractivity contribution in [2.45, 2.75) is 12.8 Å². The third-order valence-corrected chi connectivity index (χ3v) is 2.24. The van der Waals surface area contributed by atoms with Gasteiger partial charge in [-0.05, 0) is 24.5 Å². The van der Waals surface area contributed by atoms with Crippen LogP contribution >= 0.6 is 0 Å². The van der Waals surface area contributed by atoms with E-state index in [2.05, 4.69) is 5.10 Å². The molecule has 0 aromatic heterocycles. The maximum absolute atomic E-state index is 13.1. The largest absolute Gasteiger partial charge is 0.323 e. The summed E-state index contributed by atoms with van der Waals surface area (Å²) in [5, 5.41) is 3.49. The van der Waals surface area contributed by atoms with E-state index in [0.29, 0.717) is 29.7 Å². The number of hydrazone groups is 1. The van der Waals surface area contributed by atoms with Crippen LogP contribution in [0, 0.1) is 11.6 Å². The summed E-state index contributed by atoms with van der Waals surface area (Å²) in [6.45, 7) is 0. The van der Waals surface area contributed by atoms with Crippen LogP contribution in [0.15, 0.2) is 17.2 Å². The standard InChI is InChI=1S/C9H8F2N2/c10-5-3-7-6(8(11)4-5)1-2-9(7)13-12/h3-4H,1-2,12H2/b13-9+. The maximum atomic E-state index is 13.1. The van der Waals surface area contributed by atoms with Gasteiger partial charge in [-0.3, -0.25) is 0 Å². The average molecular weight is 182 g/mol. The Kier molecular flexibility index (Phi) is 1.76. The lowest BCUT2D eigenvalue weighted by Gasteiger charge is -2.00. The van der Waals surface area contributed by atoms with Crippen LogP contribution in [0.4, 0.5) is 8.78 Å². The van der Waals surface area contributed by atoms with Crippen molar-refractivity contribution >= 4 is 5.71 Å². The lowest BCUT2D eigenvalue weighted by molar-refractivity contribution is 0.574. The molecular weight excluding hydrogens is 174 g/mol. The lowest BCUT2D eigenvalue weighted by atomic mass is 10.1. The number of hydrogen-bond acceptors (Lipinski definition) is 2. The van der Waals surface area contributed by atoms with Crippen LogP contribution in [0.25, 0.3) is 0 Å². The molecule has 13 heavy (non-hydrogen) atoms. The maximum Gasteiger partial charge on any atom is 0.129 e. The molecule has 1 aromatic rings. The molecule has 0 bridgehead atoms. The molecule has 0 aliphatic heterocycles. The number of halogens is 2. The molecule has 68 valence electrons. The van der Waals surface area contributed by atoms with Gasteiger partial charge < -0.3 is 5.84 Å². The molecule has 2 nitrogen and oxygen atoms in total. The normalized spacial score (nSPS) is 17.8. The van der Waals surface area contributed by atoms with Gasteiger partial charge >= 0.3 is 0 Å². The third kappa shape index (κ3) is 1.18. The first-order chi connectivity index (χ1) is 6.22. The molecule has 4 heteroatoms. The second kappa shape index (κ2) is 2.80. The molecule has 1 aliphatic rings. The van der Waals surface area contributed by atoms with E-state index in [1.807, 2.05) is 0 Å². The van der Waals surface area contributed by atoms with Crippen molar-refractivity contribution in [1.29, 1.82) is 0 Å². The molecule has 0 fully saturated rings. The van der Waals surface area contributed by atoms with Crippen LogP contribution in [-0.2, 0) is 6.42 Å². The Hall–Kier alpha value is -1.45. The van der Waals surface area contributed by atoms with Gasteiger partial charge in [-0.15, -0.1) is 0 Å². The molecule has 0 spiro atoms. The second-order valence-electron chi connectivity index (χ2n) is 2.99. The summed E-state index contributed by atoms with van der Waals surface area (Å²) in [5.74, 6) is 4.00. The first-order valence-corrected chi connectivity index (χ1v) is 3.97. The molecular formula is C9H8F2N2. The average Bonchev–Trinajstić information content (AvgIpc) is 2.47. The van der Waals surface area contributed by atoms with Gasteiger partial charge in [0.15, 0.2) is 0 Å². The van der Waals surface area contributed by atoms with Crippen LogP contribution in [0.2, 0.25) is 0 Å². The molecule has 0 unspecified atom stereocenters. The second-order valence-corrected chi connectivity index (χ2v) is 2.99. The van der Waals surface area contributed by atoms with Gasteiger partial charge in [0.2, 0.25) is 0 Å². The minimum absolute atomic E-state index is 0.506. The highest BCUT2D eigenvalue weighted by Crippen LogP contribution is 2.25. The molecule has 0 saturated heterocycles. The van der Waals surface area contributed by atoms with Crippen molar-refractivity contribution in [3.63, 3.8) is 0 Å². The third-order valence-electron chi connectivity index (χ3n) is 2.24. The molecule has 0 heterocycles. The van der Waals surface area contributed by atoms with Gasteiger partial charge in [0.05, 0.1) is 5.71 Å². The Morgan fingerprint density at radius 2 is 2.00 bits per heavy atom. The monoisotopic (exact) mass is 182 g/mol. The zero-order chi connectivity index (χ0) is 9.42. The van der Waals surface area contributed by atoms with E-state index in [0.717, 1.165) is 6.07 Å². The zero-order valence-corrected chi connectivity index (χ0v) is 6.85. The van der Waals surface area contributed by atoms with E-state index >= 15 is 0 Å². The molecule has 0 saturated carbocycles. The van der Waals surface area contributed by atoms with Crippen molar-refractivity contribution in [2.24, 2.45) is 10.9 Å². The number of nitrogens with two attached hydrogens (primary N) is 1. The highest BCUT2D eigenvalue weighted by Gasteiger charge is 2.21. The first-order valence-electron chi connectivity index (χ1n) is 3.97. The molecule has 2 N–H and O–H groups in total. The van der Waals surface area contributed by atoms with E-state index in [1.165, 1.54) is 6.07 Å². The highest BCUT2D eigenvalue weighted by atomic mass is 19.1. The molecule has 1 aliphatic carbocycles. The summed E-state index contributed by atoms with van der Waals surface area (Å²) in [6, 6.07) is 2.16. The lowest BCUT2D eigenvalue weighted by Crippen LogP contribution is -2.00. The number of benzene rings is 1. The number of nitrogens with zero attached hydrogens (tertiary/aromatic N) is 1. The van der Waals surface area contributed by atoms with Crippen LogP contribution in [-0.4, -0.2) is 5.71 Å². The van der Waals surface area contributed by atoms with Gasteiger partial charge in [0, 0.05) is 11.6 Å². The SMILES string of the molecule is N/N=C1\CCc2c(F)cc(F)cc21. The van der Waals surface area contributed by atoms with Crippen LogP contribution in [0.3, 0.4) is 0 Å². The van der Waals surface area contributed by atoms with Crippen molar-refractivity contribution in [3.8, 4) is 0 Å². The fourth-order valence-electron chi connectivity index (χ4n) is 1.63. The Morgan fingerprint density at radius 3 is 2.69 bits per heavy atom. The topological polar surface area (TPSA) is 38.4 Å². The van der Waals surface area contributed by atoms with E-state index in [9.17, 15) is 8.78 Å².